The molecule has 0 rings (SSSR count). The van der Waals surface area contributed by atoms with Crippen molar-refractivity contribution >= 4 is 15.0 Å². The van der Waals surface area contributed by atoms with Crippen LogP contribution in [0.15, 0.2) is 0 Å². The predicted octanol–water partition coefficient (Wildman–Crippen LogP) is -1.96. The van der Waals surface area contributed by atoms with E-state index in [2.05, 4.69) is 10.6 Å². The first-order valence-electron chi connectivity index (χ1n) is 7.12. The summed E-state index contributed by atoms with van der Waals surface area (Å²) in [5, 5.41) is 7.63. The van der Waals surface area contributed by atoms with Gasteiger partial charge in [0.2, 0.25) is 0 Å². The first-order valence-corrected chi connectivity index (χ1v) is 9.45. The number of nitrogens with one attached hydrogen (secondary N) is 2. The van der Waals surface area contributed by atoms with Crippen molar-refractivity contribution in [2.45, 2.75) is 59.0 Å². The normalized spacial score (nSPS) is 12.8. The van der Waals surface area contributed by atoms with Crippen molar-refractivity contribution < 1.29 is 30.6 Å². The first-order chi connectivity index (χ1) is 9.38. The van der Waals surface area contributed by atoms with Gasteiger partial charge in [-0.3, -0.25) is 0 Å². The maximum atomic E-state index is 12.1. The Labute approximate surface area is 133 Å². The van der Waals surface area contributed by atoms with Gasteiger partial charge in [-0.05, 0) is 0 Å². The molecule has 0 fully saturated rings. The monoisotopic (exact) mass is 395 g/mol. The van der Waals surface area contributed by atoms with Crippen molar-refractivity contribution in [1.29, 1.82) is 0 Å². The van der Waals surface area contributed by atoms with Crippen LogP contribution < -0.4 is 37.3 Å². The summed E-state index contributed by atoms with van der Waals surface area (Å²) in [7, 11) is 0. The van der Waals surface area contributed by atoms with Gasteiger partial charge >= 0.3 is 133 Å². The van der Waals surface area contributed by atoms with E-state index in [1.165, 1.54) is 5.27 Å². The molecule has 0 aromatic rings. The number of carbonyl (C=O) groups excluding carboxylic acids is 2. The fraction of sp³-hybridized carbons (Fsp3) is 0.846. The molecule has 0 aliphatic rings. The molecule has 0 aliphatic carbocycles. The van der Waals surface area contributed by atoms with Crippen LogP contribution in [0.2, 0.25) is 0 Å². The van der Waals surface area contributed by atoms with Gasteiger partial charge in [-0.25, -0.2) is 0 Å². The number of halogens is 1. The molecule has 5 nitrogen and oxygen atoms in total. The quantitative estimate of drug-likeness (QED) is 0.125. The van der Waals surface area contributed by atoms with E-state index in [9.17, 15) is 9.59 Å². The molecule has 0 aromatic heterocycles. The van der Waals surface area contributed by atoms with E-state index in [-0.39, 0.29) is 21.7 Å². The molecule has 0 aromatic carbocycles. The van der Waals surface area contributed by atoms with Gasteiger partial charge in [-0.1, -0.05) is 0 Å². The number of nitrogens with two attached hydrogens (primary N) is 1. The fourth-order valence-corrected chi connectivity index (χ4v) is 2.68. The van der Waals surface area contributed by atoms with Crippen molar-refractivity contribution in [3.05, 3.63) is 0 Å². The summed E-state index contributed by atoms with van der Waals surface area (Å²) in [5.74, 6) is 0.321. The SMILES string of the molecule is CC(C)NC(CCCCNC(=O)[I-][B]N)C(=O)C(C)C. The molecule has 7 heteroatoms. The van der Waals surface area contributed by atoms with E-state index in [0.29, 0.717) is 12.6 Å². The van der Waals surface area contributed by atoms with Crippen LogP contribution in [0, 0.1) is 5.92 Å². The number of unbranched alkanes of at least 4 members (excludes halogenated alkanes) is 1. The predicted molar refractivity (Wildman–Crippen MR) is 79.1 cm³/mol. The third-order valence-corrected chi connectivity index (χ3v) is 4.10. The summed E-state index contributed by atoms with van der Waals surface area (Å²) in [6.07, 6.45) is 2.64. The number of ketones is 1. The molecular formula is C13H27BIN3O2-. The Kier molecular flexibility index (Phi) is 11.4. The van der Waals surface area contributed by atoms with Crippen LogP contribution in [0.1, 0.15) is 47.0 Å². The Bertz CT molecular complexity index is 301. The van der Waals surface area contributed by atoms with E-state index in [0.717, 1.165) is 19.3 Å². The molecule has 20 heavy (non-hydrogen) atoms. The Morgan fingerprint density at radius 2 is 1.85 bits per heavy atom. The van der Waals surface area contributed by atoms with Gasteiger partial charge < -0.3 is 0 Å². The average molecular weight is 395 g/mol. The Hall–Kier alpha value is -0.145. The number of Topliss-reactive ketones (excluding diaryl/α,β-unsaturated/α-hetero) is 1. The van der Waals surface area contributed by atoms with Gasteiger partial charge in [0, 0.05) is 0 Å². The first kappa shape index (κ1) is 19.9. The number of rotatable bonds is 11. The number of carbonyl (C=O) groups is 2. The minimum atomic E-state index is -0.665. The zero-order chi connectivity index (χ0) is 15.5. The molecule has 0 bridgehead atoms. The molecular weight excluding hydrogens is 368 g/mol. The summed E-state index contributed by atoms with van der Waals surface area (Å²) in [6.45, 7) is 8.63. The zero-order valence-electron chi connectivity index (χ0n) is 12.9. The summed E-state index contributed by atoms with van der Waals surface area (Å²) in [5.41, 5.74) is 5.22. The number of amides is 1. The van der Waals surface area contributed by atoms with Crippen molar-refractivity contribution in [3.8, 4) is 0 Å². The van der Waals surface area contributed by atoms with E-state index in [4.69, 9.17) is 5.64 Å². The summed E-state index contributed by atoms with van der Waals surface area (Å²) in [6, 6.07) is 0.225. The molecule has 0 spiro atoms. The van der Waals surface area contributed by atoms with Crippen molar-refractivity contribution in [3.63, 3.8) is 0 Å². The maximum absolute atomic E-state index is 12.1. The number of hydrogen-bond donors (Lipinski definition) is 3. The zero-order valence-corrected chi connectivity index (χ0v) is 15.1. The molecule has 4 N–H and O–H groups in total. The van der Waals surface area contributed by atoms with Crippen LogP contribution in [-0.4, -0.2) is 33.6 Å². The van der Waals surface area contributed by atoms with Gasteiger partial charge in [0.15, 0.2) is 0 Å². The van der Waals surface area contributed by atoms with Crippen LogP contribution in [0.25, 0.3) is 0 Å². The Morgan fingerprint density at radius 3 is 2.35 bits per heavy atom. The molecule has 1 radical (unpaired) electrons. The van der Waals surface area contributed by atoms with Crippen molar-refractivity contribution in [2.24, 2.45) is 11.6 Å². The van der Waals surface area contributed by atoms with Crippen molar-refractivity contribution in [2.75, 3.05) is 6.54 Å². The van der Waals surface area contributed by atoms with Crippen LogP contribution in [0.5, 0.6) is 0 Å². The molecule has 0 aliphatic heterocycles. The molecule has 1 atom stereocenters. The molecule has 0 saturated carbocycles. The average Bonchev–Trinajstić information content (AvgIpc) is 2.35. The molecule has 0 heterocycles. The van der Waals surface area contributed by atoms with Gasteiger partial charge in [-0.15, -0.1) is 0 Å². The van der Waals surface area contributed by atoms with E-state index >= 15 is 0 Å². The molecule has 117 valence electrons. The molecule has 1 amide bonds. The third-order valence-electron chi connectivity index (χ3n) is 2.79. The summed E-state index contributed by atoms with van der Waals surface area (Å²) in [4.78, 5) is 23.3. The minimum absolute atomic E-state index is 0.0517. The van der Waals surface area contributed by atoms with Crippen LogP contribution in [-0.2, 0) is 4.79 Å². The van der Waals surface area contributed by atoms with Gasteiger partial charge in [0.05, 0.1) is 0 Å². The van der Waals surface area contributed by atoms with Gasteiger partial charge in [0.25, 0.3) is 0 Å². The third kappa shape index (κ3) is 9.71. The van der Waals surface area contributed by atoms with E-state index in [1.54, 1.807) is 0 Å². The van der Waals surface area contributed by atoms with Crippen LogP contribution >= 0.6 is 0 Å². The van der Waals surface area contributed by atoms with Crippen LogP contribution in [0.4, 0.5) is 4.79 Å². The second kappa shape index (κ2) is 11.5. The second-order valence-corrected chi connectivity index (χ2v) is 7.68. The van der Waals surface area contributed by atoms with Gasteiger partial charge in [0.1, 0.15) is 0 Å². The second-order valence-electron chi connectivity index (χ2n) is 5.36. The number of hydrogen-bond acceptors (Lipinski definition) is 4. The fourth-order valence-electron chi connectivity index (χ4n) is 1.87. The van der Waals surface area contributed by atoms with Gasteiger partial charge in [-0.2, -0.15) is 0 Å². The van der Waals surface area contributed by atoms with Crippen LogP contribution in [0.3, 0.4) is 0 Å². The van der Waals surface area contributed by atoms with Crippen molar-refractivity contribution in [1.82, 2.24) is 10.6 Å². The van der Waals surface area contributed by atoms with E-state index < -0.39 is 21.0 Å². The molecule has 1 unspecified atom stereocenters. The topological polar surface area (TPSA) is 84.2 Å². The standard InChI is InChI=1S/C13H27BIN3O2/c1-9(2)12(19)11(18-10(3)4)7-5-6-8-17-13(20)15-14-16/h9-11,18H,5-8,16H2,1-4H3,(H,17,20)/q-1. The Morgan fingerprint density at radius 1 is 1.20 bits per heavy atom. The summed E-state index contributed by atoms with van der Waals surface area (Å²) < 4.78 is 0.0569. The Balaban J connectivity index is 3.96. The summed E-state index contributed by atoms with van der Waals surface area (Å²) >= 11 is -0.665. The van der Waals surface area contributed by atoms with E-state index in [1.807, 2.05) is 27.7 Å². The molecule has 0 saturated heterocycles.